The minimum atomic E-state index is 0.169. The zero-order valence-electron chi connectivity index (χ0n) is 9.15. The molecule has 15 heavy (non-hydrogen) atoms. The Morgan fingerprint density at radius 2 is 2.07 bits per heavy atom. The van der Waals surface area contributed by atoms with Crippen LogP contribution in [-0.4, -0.2) is 13.3 Å². The minimum Gasteiger partial charge on any atom is -0.493 e. The molecule has 1 aliphatic carbocycles. The highest BCUT2D eigenvalue weighted by Crippen LogP contribution is 2.29. The van der Waals surface area contributed by atoms with Crippen molar-refractivity contribution in [1.82, 2.24) is 0 Å². The van der Waals surface area contributed by atoms with Crippen LogP contribution >= 0.6 is 0 Å². The lowest BCUT2D eigenvalue weighted by Gasteiger charge is -2.08. The zero-order valence-corrected chi connectivity index (χ0v) is 9.15. The Morgan fingerprint density at radius 1 is 1.40 bits per heavy atom. The van der Waals surface area contributed by atoms with Gasteiger partial charge >= 0.3 is 0 Å². The number of nitrogens with zero attached hydrogens (tertiary/aromatic N) is 1. The summed E-state index contributed by atoms with van der Waals surface area (Å²) in [5, 5.41) is 0. The summed E-state index contributed by atoms with van der Waals surface area (Å²) in [7, 11) is 0. The van der Waals surface area contributed by atoms with Gasteiger partial charge in [0.2, 0.25) is 0 Å². The van der Waals surface area contributed by atoms with Crippen LogP contribution in [-0.2, 0) is 0 Å². The average molecular weight is 203 g/mol. The van der Waals surface area contributed by atoms with Crippen molar-refractivity contribution in [2.24, 2.45) is 10.9 Å². The smallest absolute Gasteiger partial charge is 0.119 e. The first-order valence-corrected chi connectivity index (χ1v) is 5.48. The molecule has 0 aromatic heterocycles. The van der Waals surface area contributed by atoms with Gasteiger partial charge in [-0.25, -0.2) is 0 Å². The standard InChI is InChI=1S/C13H17NO/c1-10(14-2)12-5-7-13(8-6-12)15-9-11-3-4-11/h5-8,10-11H,2-4,9H2,1H3. The van der Waals surface area contributed by atoms with Crippen LogP contribution in [0, 0.1) is 5.92 Å². The Kier molecular flexibility index (Phi) is 3.05. The summed E-state index contributed by atoms with van der Waals surface area (Å²) in [5.41, 5.74) is 1.18. The van der Waals surface area contributed by atoms with Crippen molar-refractivity contribution in [1.29, 1.82) is 0 Å². The fourth-order valence-electron chi connectivity index (χ4n) is 1.45. The Labute approximate surface area is 91.0 Å². The number of hydrogen-bond donors (Lipinski definition) is 0. The fraction of sp³-hybridized carbons (Fsp3) is 0.462. The first-order chi connectivity index (χ1) is 7.29. The Balaban J connectivity index is 1.93. The number of aliphatic imine (C=N–C) groups is 1. The van der Waals surface area contributed by atoms with Crippen LogP contribution in [0.3, 0.4) is 0 Å². The summed E-state index contributed by atoms with van der Waals surface area (Å²) < 4.78 is 5.65. The first-order valence-electron chi connectivity index (χ1n) is 5.48. The normalized spacial score (nSPS) is 17.1. The molecule has 0 N–H and O–H groups in total. The van der Waals surface area contributed by atoms with Gasteiger partial charge in [0.05, 0.1) is 12.6 Å². The maximum atomic E-state index is 5.65. The Morgan fingerprint density at radius 3 is 2.60 bits per heavy atom. The van der Waals surface area contributed by atoms with E-state index in [1.165, 1.54) is 18.4 Å². The van der Waals surface area contributed by atoms with E-state index in [0.717, 1.165) is 18.3 Å². The lowest BCUT2D eigenvalue weighted by atomic mass is 10.1. The van der Waals surface area contributed by atoms with E-state index in [1.54, 1.807) is 0 Å². The molecular weight excluding hydrogens is 186 g/mol. The molecule has 1 fully saturated rings. The van der Waals surface area contributed by atoms with Crippen LogP contribution in [0.25, 0.3) is 0 Å². The molecule has 80 valence electrons. The lowest BCUT2D eigenvalue weighted by molar-refractivity contribution is 0.299. The van der Waals surface area contributed by atoms with E-state index in [1.807, 2.05) is 19.1 Å². The average Bonchev–Trinajstić information content (AvgIpc) is 3.10. The molecule has 1 aromatic carbocycles. The second-order valence-electron chi connectivity index (χ2n) is 4.18. The fourth-order valence-corrected chi connectivity index (χ4v) is 1.45. The molecule has 0 saturated heterocycles. The number of hydrogen-bond acceptors (Lipinski definition) is 2. The van der Waals surface area contributed by atoms with Gasteiger partial charge in [-0.3, -0.25) is 4.99 Å². The van der Waals surface area contributed by atoms with Crippen LogP contribution in [0.2, 0.25) is 0 Å². The van der Waals surface area contributed by atoms with Crippen LogP contribution in [0.5, 0.6) is 5.75 Å². The van der Waals surface area contributed by atoms with E-state index in [2.05, 4.69) is 23.8 Å². The van der Waals surface area contributed by atoms with Crippen molar-refractivity contribution >= 4 is 6.72 Å². The predicted molar refractivity (Wildman–Crippen MR) is 62.6 cm³/mol. The molecule has 2 rings (SSSR count). The van der Waals surface area contributed by atoms with Gasteiger partial charge in [-0.05, 0) is 50.1 Å². The molecule has 2 nitrogen and oxygen atoms in total. The van der Waals surface area contributed by atoms with Crippen molar-refractivity contribution in [3.8, 4) is 5.75 Å². The molecule has 0 radical (unpaired) electrons. The third kappa shape index (κ3) is 2.82. The van der Waals surface area contributed by atoms with Gasteiger partial charge in [0.1, 0.15) is 5.75 Å². The van der Waals surface area contributed by atoms with E-state index in [0.29, 0.717) is 0 Å². The monoisotopic (exact) mass is 203 g/mol. The summed E-state index contributed by atoms with van der Waals surface area (Å²) in [6, 6.07) is 8.31. The zero-order chi connectivity index (χ0) is 10.7. The van der Waals surface area contributed by atoms with Crippen molar-refractivity contribution in [3.05, 3.63) is 29.8 Å². The number of ether oxygens (including phenoxy) is 1. The second kappa shape index (κ2) is 4.47. The van der Waals surface area contributed by atoms with E-state index >= 15 is 0 Å². The summed E-state index contributed by atoms with van der Waals surface area (Å²) >= 11 is 0. The van der Waals surface area contributed by atoms with Crippen molar-refractivity contribution in [2.75, 3.05) is 6.61 Å². The van der Waals surface area contributed by atoms with Gasteiger partial charge in [0.25, 0.3) is 0 Å². The topological polar surface area (TPSA) is 21.6 Å². The molecule has 0 bridgehead atoms. The lowest BCUT2D eigenvalue weighted by Crippen LogP contribution is -1.99. The van der Waals surface area contributed by atoms with Gasteiger partial charge < -0.3 is 4.74 Å². The molecule has 1 atom stereocenters. The highest BCUT2D eigenvalue weighted by Gasteiger charge is 2.21. The maximum Gasteiger partial charge on any atom is 0.119 e. The predicted octanol–water partition coefficient (Wildman–Crippen LogP) is 3.24. The molecule has 2 heteroatoms. The SMILES string of the molecule is C=NC(C)c1ccc(OCC2CC2)cc1. The molecule has 0 aliphatic heterocycles. The van der Waals surface area contributed by atoms with E-state index < -0.39 is 0 Å². The van der Waals surface area contributed by atoms with Crippen LogP contribution < -0.4 is 4.74 Å². The molecule has 1 saturated carbocycles. The van der Waals surface area contributed by atoms with Gasteiger partial charge in [-0.1, -0.05) is 12.1 Å². The van der Waals surface area contributed by atoms with Crippen LogP contribution in [0.15, 0.2) is 29.3 Å². The Bertz CT molecular complexity index is 327. The molecular formula is C13H17NO. The molecule has 0 heterocycles. The Hall–Kier alpha value is -1.31. The highest BCUT2D eigenvalue weighted by molar-refractivity contribution is 5.32. The van der Waals surface area contributed by atoms with Crippen molar-refractivity contribution in [3.63, 3.8) is 0 Å². The van der Waals surface area contributed by atoms with Crippen molar-refractivity contribution in [2.45, 2.75) is 25.8 Å². The van der Waals surface area contributed by atoms with E-state index in [4.69, 9.17) is 4.74 Å². The van der Waals surface area contributed by atoms with Gasteiger partial charge in [0.15, 0.2) is 0 Å². The molecule has 1 aliphatic rings. The maximum absolute atomic E-state index is 5.65. The quantitative estimate of drug-likeness (QED) is 0.673. The molecule has 1 aromatic rings. The third-order valence-electron chi connectivity index (χ3n) is 2.82. The summed E-state index contributed by atoms with van der Waals surface area (Å²) in [6.07, 6.45) is 2.66. The largest absolute Gasteiger partial charge is 0.493 e. The van der Waals surface area contributed by atoms with E-state index in [9.17, 15) is 0 Å². The molecule has 0 spiro atoms. The summed E-state index contributed by atoms with van der Waals surface area (Å²) in [4.78, 5) is 3.98. The number of benzene rings is 1. The third-order valence-corrected chi connectivity index (χ3v) is 2.82. The second-order valence-corrected chi connectivity index (χ2v) is 4.18. The van der Waals surface area contributed by atoms with Crippen molar-refractivity contribution < 1.29 is 4.74 Å². The first kappa shape index (κ1) is 10.2. The molecule has 0 amide bonds. The van der Waals surface area contributed by atoms with Gasteiger partial charge in [0, 0.05) is 0 Å². The summed E-state index contributed by atoms with van der Waals surface area (Å²) in [6.45, 7) is 6.45. The van der Waals surface area contributed by atoms with E-state index in [-0.39, 0.29) is 6.04 Å². The highest BCUT2D eigenvalue weighted by atomic mass is 16.5. The molecule has 1 unspecified atom stereocenters. The summed E-state index contributed by atoms with van der Waals surface area (Å²) in [5.74, 6) is 1.76. The van der Waals surface area contributed by atoms with Crippen LogP contribution in [0.1, 0.15) is 31.4 Å². The minimum absolute atomic E-state index is 0.169. The van der Waals surface area contributed by atoms with Gasteiger partial charge in [-0.2, -0.15) is 0 Å². The van der Waals surface area contributed by atoms with Crippen LogP contribution in [0.4, 0.5) is 0 Å². The van der Waals surface area contributed by atoms with Gasteiger partial charge in [-0.15, -0.1) is 0 Å². The number of rotatable bonds is 5.